The van der Waals surface area contributed by atoms with Crippen molar-refractivity contribution in [1.29, 1.82) is 0 Å². The fourth-order valence-electron chi connectivity index (χ4n) is 2.75. The summed E-state index contributed by atoms with van der Waals surface area (Å²) in [5.41, 5.74) is 2.24. The lowest BCUT2D eigenvalue weighted by atomic mass is 9.92. The fraction of sp³-hybridized carbons (Fsp3) is 0.300. The molecule has 0 spiro atoms. The third-order valence-electron chi connectivity index (χ3n) is 4.02. The summed E-state index contributed by atoms with van der Waals surface area (Å²) in [7, 11) is 0. The minimum absolute atomic E-state index is 0.148. The molecular formula is C20H22O4. The van der Waals surface area contributed by atoms with Crippen LogP contribution in [0.25, 0.3) is 0 Å². The van der Waals surface area contributed by atoms with E-state index in [1.165, 1.54) is 5.56 Å². The third-order valence-corrected chi connectivity index (χ3v) is 4.02. The van der Waals surface area contributed by atoms with Crippen molar-refractivity contribution in [1.82, 2.24) is 0 Å². The van der Waals surface area contributed by atoms with Gasteiger partial charge in [0, 0.05) is 17.5 Å². The molecule has 0 saturated heterocycles. The highest BCUT2D eigenvalue weighted by molar-refractivity contribution is 5.54. The quantitative estimate of drug-likeness (QED) is 0.701. The van der Waals surface area contributed by atoms with Crippen LogP contribution in [0.1, 0.15) is 30.9 Å². The van der Waals surface area contributed by atoms with Gasteiger partial charge in [0.15, 0.2) is 11.5 Å². The Morgan fingerprint density at radius 1 is 1.12 bits per heavy atom. The Morgan fingerprint density at radius 3 is 2.50 bits per heavy atom. The Bertz CT molecular complexity index is 706. The van der Waals surface area contributed by atoms with Gasteiger partial charge in [-0.3, -0.25) is 0 Å². The van der Waals surface area contributed by atoms with Crippen molar-refractivity contribution in [2.45, 2.75) is 19.8 Å². The van der Waals surface area contributed by atoms with Crippen molar-refractivity contribution in [2.75, 3.05) is 20.0 Å². The lowest BCUT2D eigenvalue weighted by Gasteiger charge is -2.18. The second-order valence-electron chi connectivity index (χ2n) is 5.57. The van der Waals surface area contributed by atoms with Crippen LogP contribution in [0.4, 0.5) is 0 Å². The maximum atomic E-state index is 5.84. The molecule has 2 aromatic rings. The highest BCUT2D eigenvalue weighted by atomic mass is 16.7. The summed E-state index contributed by atoms with van der Waals surface area (Å²) in [5.74, 6) is 3.29. The van der Waals surface area contributed by atoms with Crippen LogP contribution >= 0.6 is 0 Å². The van der Waals surface area contributed by atoms with Crippen LogP contribution in [0.15, 0.2) is 49.1 Å². The molecule has 1 heterocycles. The molecule has 0 bridgehead atoms. The highest BCUT2D eigenvalue weighted by Gasteiger charge is 2.22. The van der Waals surface area contributed by atoms with E-state index in [0.717, 1.165) is 28.6 Å². The summed E-state index contributed by atoms with van der Waals surface area (Å²) in [6.45, 7) is 9.20. The Balaban J connectivity index is 1.92. The molecule has 0 unspecified atom stereocenters. The fourth-order valence-corrected chi connectivity index (χ4v) is 2.75. The first-order valence-electron chi connectivity index (χ1n) is 8.13. The molecule has 4 nitrogen and oxygen atoms in total. The van der Waals surface area contributed by atoms with E-state index in [1.807, 2.05) is 31.2 Å². The number of fused-ring (bicyclic) bond motifs is 1. The molecule has 24 heavy (non-hydrogen) atoms. The first-order chi connectivity index (χ1) is 11.7. The van der Waals surface area contributed by atoms with E-state index in [0.29, 0.717) is 13.2 Å². The average molecular weight is 326 g/mol. The van der Waals surface area contributed by atoms with Gasteiger partial charge < -0.3 is 18.9 Å². The average Bonchev–Trinajstić information content (AvgIpc) is 3.07. The topological polar surface area (TPSA) is 36.9 Å². The van der Waals surface area contributed by atoms with Crippen LogP contribution < -0.4 is 18.9 Å². The van der Waals surface area contributed by atoms with E-state index >= 15 is 0 Å². The molecule has 1 aliphatic rings. The van der Waals surface area contributed by atoms with Gasteiger partial charge in [0.2, 0.25) is 6.79 Å². The predicted octanol–water partition coefficient (Wildman–Crippen LogP) is 4.53. The van der Waals surface area contributed by atoms with Crippen molar-refractivity contribution < 1.29 is 18.9 Å². The number of benzene rings is 2. The van der Waals surface area contributed by atoms with Gasteiger partial charge in [0.25, 0.3) is 0 Å². The van der Waals surface area contributed by atoms with Crippen LogP contribution in [0.5, 0.6) is 23.0 Å². The van der Waals surface area contributed by atoms with E-state index in [9.17, 15) is 0 Å². The minimum Gasteiger partial charge on any atom is -0.494 e. The molecule has 126 valence electrons. The Kier molecular flexibility index (Phi) is 4.94. The zero-order valence-corrected chi connectivity index (χ0v) is 14.1. The predicted molar refractivity (Wildman–Crippen MR) is 93.4 cm³/mol. The summed E-state index contributed by atoms with van der Waals surface area (Å²) in [6.07, 6.45) is 1.73. The molecular weight excluding hydrogens is 304 g/mol. The van der Waals surface area contributed by atoms with E-state index < -0.39 is 0 Å². The Morgan fingerprint density at radius 2 is 1.83 bits per heavy atom. The van der Waals surface area contributed by atoms with Crippen LogP contribution in [0, 0.1) is 0 Å². The maximum absolute atomic E-state index is 5.84. The van der Waals surface area contributed by atoms with Gasteiger partial charge in [-0.25, -0.2) is 0 Å². The van der Waals surface area contributed by atoms with E-state index in [4.69, 9.17) is 18.9 Å². The van der Waals surface area contributed by atoms with Gasteiger partial charge in [-0.2, -0.15) is 0 Å². The van der Waals surface area contributed by atoms with Crippen LogP contribution in [0.3, 0.4) is 0 Å². The van der Waals surface area contributed by atoms with Crippen LogP contribution in [-0.4, -0.2) is 20.0 Å². The minimum atomic E-state index is 0.148. The van der Waals surface area contributed by atoms with Crippen LogP contribution in [-0.2, 0) is 0 Å². The lowest BCUT2D eigenvalue weighted by Crippen LogP contribution is -2.03. The molecule has 2 aromatic carbocycles. The van der Waals surface area contributed by atoms with Crippen molar-refractivity contribution in [3.63, 3.8) is 0 Å². The van der Waals surface area contributed by atoms with E-state index in [-0.39, 0.29) is 12.7 Å². The Hall–Kier alpha value is -2.62. The lowest BCUT2D eigenvalue weighted by molar-refractivity contribution is 0.174. The SMILES string of the molecule is C=CCOc1cc2c(cc1[C@H](C)c1ccc(OCC)cc1)OCO2. The maximum Gasteiger partial charge on any atom is 0.231 e. The molecule has 1 atom stereocenters. The second-order valence-corrected chi connectivity index (χ2v) is 5.57. The largest absolute Gasteiger partial charge is 0.494 e. The van der Waals surface area contributed by atoms with Gasteiger partial charge in [-0.1, -0.05) is 31.7 Å². The summed E-state index contributed by atoms with van der Waals surface area (Å²) >= 11 is 0. The second kappa shape index (κ2) is 7.30. The molecule has 0 amide bonds. The first kappa shape index (κ1) is 16.2. The molecule has 0 radical (unpaired) electrons. The van der Waals surface area contributed by atoms with E-state index in [2.05, 4.69) is 25.6 Å². The molecule has 3 rings (SSSR count). The van der Waals surface area contributed by atoms with Gasteiger partial charge in [0.1, 0.15) is 18.1 Å². The number of ether oxygens (including phenoxy) is 4. The summed E-state index contributed by atoms with van der Waals surface area (Å²) in [6, 6.07) is 12.0. The molecule has 0 aromatic heterocycles. The smallest absolute Gasteiger partial charge is 0.231 e. The van der Waals surface area contributed by atoms with Gasteiger partial charge in [0.05, 0.1) is 6.61 Å². The number of rotatable bonds is 7. The van der Waals surface area contributed by atoms with Crippen molar-refractivity contribution >= 4 is 0 Å². The highest BCUT2D eigenvalue weighted by Crippen LogP contribution is 2.42. The molecule has 1 aliphatic heterocycles. The number of hydrogen-bond acceptors (Lipinski definition) is 4. The van der Waals surface area contributed by atoms with Crippen molar-refractivity contribution in [2.24, 2.45) is 0 Å². The van der Waals surface area contributed by atoms with Gasteiger partial charge >= 0.3 is 0 Å². The zero-order chi connectivity index (χ0) is 16.9. The van der Waals surface area contributed by atoms with Crippen molar-refractivity contribution in [3.05, 3.63) is 60.2 Å². The molecule has 4 heteroatoms. The van der Waals surface area contributed by atoms with Crippen LogP contribution in [0.2, 0.25) is 0 Å². The third kappa shape index (κ3) is 3.32. The molecule has 0 saturated carbocycles. The Labute approximate surface area is 142 Å². The van der Waals surface area contributed by atoms with Crippen molar-refractivity contribution in [3.8, 4) is 23.0 Å². The first-order valence-corrected chi connectivity index (χ1v) is 8.13. The molecule has 0 fully saturated rings. The summed E-state index contributed by atoms with van der Waals surface area (Å²) in [4.78, 5) is 0. The number of hydrogen-bond donors (Lipinski definition) is 0. The van der Waals surface area contributed by atoms with Gasteiger partial charge in [-0.05, 0) is 30.7 Å². The normalized spacial score (nSPS) is 13.4. The zero-order valence-electron chi connectivity index (χ0n) is 14.1. The monoisotopic (exact) mass is 326 g/mol. The van der Waals surface area contributed by atoms with E-state index in [1.54, 1.807) is 6.08 Å². The van der Waals surface area contributed by atoms with Gasteiger partial charge in [-0.15, -0.1) is 0 Å². The summed E-state index contributed by atoms with van der Waals surface area (Å²) in [5, 5.41) is 0. The molecule has 0 aliphatic carbocycles. The summed E-state index contributed by atoms with van der Waals surface area (Å²) < 4.78 is 22.3. The standard InChI is InChI=1S/C20H22O4/c1-4-10-22-18-12-20-19(23-13-24-20)11-17(18)14(3)15-6-8-16(9-7-15)21-5-2/h4,6-9,11-12,14H,1,5,10,13H2,2-3H3/t14-/m1/s1. The molecule has 0 N–H and O–H groups in total.